The number of esters is 1. The second-order valence-electron chi connectivity index (χ2n) is 7.32. The van der Waals surface area contributed by atoms with Crippen molar-refractivity contribution in [3.63, 3.8) is 0 Å². The third-order valence-corrected chi connectivity index (χ3v) is 5.72. The second-order valence-corrected chi connectivity index (χ2v) is 7.32. The Labute approximate surface area is 154 Å². The Bertz CT molecular complexity index is 568. The Morgan fingerprint density at radius 3 is 2.54 bits per heavy atom. The van der Waals surface area contributed by atoms with Crippen molar-refractivity contribution in [1.82, 2.24) is 0 Å². The number of Topliss-reactive ketones (excluding diaryl/α,β-unsaturated/α-hetero) is 2. The molecule has 0 spiro atoms. The average Bonchev–Trinajstić information content (AvgIpc) is 2.94. The summed E-state index contributed by atoms with van der Waals surface area (Å²) < 4.78 is 21.3. The highest BCUT2D eigenvalue weighted by molar-refractivity contribution is 6.43. The van der Waals surface area contributed by atoms with Crippen LogP contribution in [0.15, 0.2) is 12.7 Å². The van der Waals surface area contributed by atoms with Crippen LogP contribution in [0.1, 0.15) is 33.6 Å². The Balaban J connectivity index is 1.65. The molecule has 0 amide bonds. The largest absolute Gasteiger partial charge is 0.460 e. The highest BCUT2D eigenvalue weighted by Crippen LogP contribution is 2.62. The molecular weight excluding hydrogens is 340 g/mol. The molecule has 3 unspecified atom stereocenters. The first-order valence-corrected chi connectivity index (χ1v) is 8.95. The molecule has 0 aliphatic heterocycles. The number of fused-ring (bicyclic) bond motifs is 2. The van der Waals surface area contributed by atoms with Crippen molar-refractivity contribution in [2.45, 2.75) is 39.9 Å². The number of hydrogen-bond acceptors (Lipinski definition) is 7. The lowest BCUT2D eigenvalue weighted by Gasteiger charge is -2.35. The van der Waals surface area contributed by atoms with Crippen molar-refractivity contribution in [3.05, 3.63) is 12.7 Å². The van der Waals surface area contributed by atoms with E-state index in [1.165, 1.54) is 0 Å². The number of carbonyl (C=O) groups is 3. The molecule has 7 nitrogen and oxygen atoms in total. The summed E-state index contributed by atoms with van der Waals surface area (Å²) in [5, 5.41) is 0. The van der Waals surface area contributed by atoms with E-state index in [9.17, 15) is 14.4 Å². The first-order valence-electron chi connectivity index (χ1n) is 8.95. The van der Waals surface area contributed by atoms with Crippen LogP contribution in [-0.4, -0.2) is 56.9 Å². The van der Waals surface area contributed by atoms with E-state index in [2.05, 4.69) is 6.58 Å². The lowest BCUT2D eigenvalue weighted by molar-refractivity contribution is -0.171. The molecule has 2 bridgehead atoms. The zero-order valence-electron chi connectivity index (χ0n) is 15.7. The molecule has 2 saturated carbocycles. The van der Waals surface area contributed by atoms with Crippen LogP contribution >= 0.6 is 0 Å². The molecule has 146 valence electrons. The van der Waals surface area contributed by atoms with Crippen LogP contribution in [0.3, 0.4) is 0 Å². The standard InChI is InChI=1S/C19H28O7/c1-5-15(20)25-11-9-23-8-10-24-13(2)26-12-19-7-6-14(18(19,3)4)16(21)17(19)22/h5,13-14H,1,6-12H2,2-4H3. The van der Waals surface area contributed by atoms with Gasteiger partial charge >= 0.3 is 5.97 Å². The molecule has 0 heterocycles. The van der Waals surface area contributed by atoms with Gasteiger partial charge in [0.2, 0.25) is 11.6 Å². The summed E-state index contributed by atoms with van der Waals surface area (Å²) in [6.45, 7) is 10.3. The van der Waals surface area contributed by atoms with Gasteiger partial charge in [-0.25, -0.2) is 4.79 Å². The van der Waals surface area contributed by atoms with E-state index in [4.69, 9.17) is 18.9 Å². The van der Waals surface area contributed by atoms with E-state index in [-0.39, 0.29) is 42.7 Å². The average molecular weight is 368 g/mol. The number of rotatable bonds is 11. The molecule has 0 aromatic heterocycles. The van der Waals surface area contributed by atoms with Gasteiger partial charge in [-0.15, -0.1) is 0 Å². The number of ether oxygens (including phenoxy) is 4. The van der Waals surface area contributed by atoms with Gasteiger partial charge in [0, 0.05) is 12.0 Å². The van der Waals surface area contributed by atoms with E-state index in [1.807, 2.05) is 13.8 Å². The van der Waals surface area contributed by atoms with Crippen LogP contribution in [0.4, 0.5) is 0 Å². The zero-order chi connectivity index (χ0) is 19.4. The molecule has 7 heteroatoms. The van der Waals surface area contributed by atoms with Crippen LogP contribution in [-0.2, 0) is 33.3 Å². The normalized spacial score (nSPS) is 27.6. The van der Waals surface area contributed by atoms with Crippen LogP contribution in [0.25, 0.3) is 0 Å². The van der Waals surface area contributed by atoms with Gasteiger partial charge in [-0.3, -0.25) is 9.59 Å². The molecule has 26 heavy (non-hydrogen) atoms. The Kier molecular flexibility index (Phi) is 6.71. The second kappa shape index (κ2) is 8.41. The highest BCUT2D eigenvalue weighted by atomic mass is 16.7. The lowest BCUT2D eigenvalue weighted by atomic mass is 9.69. The summed E-state index contributed by atoms with van der Waals surface area (Å²) in [7, 11) is 0. The summed E-state index contributed by atoms with van der Waals surface area (Å²) in [5.41, 5.74) is -1.09. The Morgan fingerprint density at radius 1 is 1.23 bits per heavy atom. The van der Waals surface area contributed by atoms with Gasteiger partial charge in [-0.05, 0) is 25.2 Å². The molecule has 0 aromatic carbocycles. The predicted molar refractivity (Wildman–Crippen MR) is 92.3 cm³/mol. The lowest BCUT2D eigenvalue weighted by Crippen LogP contribution is -2.42. The van der Waals surface area contributed by atoms with E-state index < -0.39 is 17.7 Å². The number of hydrogen-bond donors (Lipinski definition) is 0. The fraction of sp³-hybridized carbons (Fsp3) is 0.737. The molecule has 3 atom stereocenters. The first kappa shape index (κ1) is 20.7. The molecule has 0 saturated heterocycles. The summed E-state index contributed by atoms with van der Waals surface area (Å²) in [6, 6.07) is 0. The van der Waals surface area contributed by atoms with Gasteiger partial charge in [0.1, 0.15) is 6.61 Å². The molecule has 0 aromatic rings. The van der Waals surface area contributed by atoms with Crippen molar-refractivity contribution in [2.24, 2.45) is 16.7 Å². The summed E-state index contributed by atoms with van der Waals surface area (Å²) in [4.78, 5) is 35.3. The monoisotopic (exact) mass is 368 g/mol. The van der Waals surface area contributed by atoms with E-state index in [1.54, 1.807) is 6.92 Å². The summed E-state index contributed by atoms with van der Waals surface area (Å²) >= 11 is 0. The fourth-order valence-corrected chi connectivity index (χ4v) is 3.93. The van der Waals surface area contributed by atoms with Crippen LogP contribution in [0.5, 0.6) is 0 Å². The van der Waals surface area contributed by atoms with Crippen molar-refractivity contribution in [1.29, 1.82) is 0 Å². The van der Waals surface area contributed by atoms with Crippen LogP contribution in [0, 0.1) is 16.7 Å². The Hall–Kier alpha value is -1.57. The smallest absolute Gasteiger partial charge is 0.330 e. The van der Waals surface area contributed by atoms with Gasteiger partial charge in [0.15, 0.2) is 6.29 Å². The quantitative estimate of drug-likeness (QED) is 0.180. The van der Waals surface area contributed by atoms with Gasteiger partial charge in [-0.2, -0.15) is 0 Å². The molecule has 0 radical (unpaired) electrons. The first-order chi connectivity index (χ1) is 12.3. The van der Waals surface area contributed by atoms with Crippen molar-refractivity contribution >= 4 is 17.5 Å². The predicted octanol–water partition coefficient (Wildman–Crippen LogP) is 1.69. The maximum absolute atomic E-state index is 12.4. The molecule has 2 aliphatic rings. The number of ketones is 2. The van der Waals surface area contributed by atoms with Crippen molar-refractivity contribution in [3.8, 4) is 0 Å². The SMILES string of the molecule is C=CC(=O)OCCOCCOC(C)OCC12CCC(C(=O)C1=O)C2(C)C. The molecule has 2 fully saturated rings. The van der Waals surface area contributed by atoms with Gasteiger partial charge < -0.3 is 18.9 Å². The van der Waals surface area contributed by atoms with Gasteiger partial charge in [-0.1, -0.05) is 20.4 Å². The highest BCUT2D eigenvalue weighted by Gasteiger charge is 2.69. The minimum atomic E-state index is -0.724. The molecule has 2 aliphatic carbocycles. The van der Waals surface area contributed by atoms with E-state index >= 15 is 0 Å². The van der Waals surface area contributed by atoms with Crippen molar-refractivity contribution < 1.29 is 33.3 Å². The van der Waals surface area contributed by atoms with Crippen LogP contribution < -0.4 is 0 Å². The summed E-state index contributed by atoms with van der Waals surface area (Å²) in [6.07, 6.45) is 2.03. The molecule has 2 rings (SSSR count). The minimum Gasteiger partial charge on any atom is -0.460 e. The zero-order valence-corrected chi connectivity index (χ0v) is 15.7. The minimum absolute atomic E-state index is 0.159. The van der Waals surface area contributed by atoms with E-state index in [0.29, 0.717) is 19.6 Å². The molecular formula is C19H28O7. The Morgan fingerprint density at radius 2 is 1.92 bits per heavy atom. The summed E-state index contributed by atoms with van der Waals surface area (Å²) in [5.74, 6) is -1.20. The van der Waals surface area contributed by atoms with Gasteiger partial charge in [0.25, 0.3) is 0 Å². The van der Waals surface area contributed by atoms with Gasteiger partial charge in [0.05, 0.1) is 31.8 Å². The molecule has 0 N–H and O–H groups in total. The van der Waals surface area contributed by atoms with Crippen LogP contribution in [0.2, 0.25) is 0 Å². The van der Waals surface area contributed by atoms with E-state index in [0.717, 1.165) is 12.5 Å². The third-order valence-electron chi connectivity index (χ3n) is 5.72. The maximum Gasteiger partial charge on any atom is 0.330 e. The number of carbonyl (C=O) groups excluding carboxylic acids is 3. The maximum atomic E-state index is 12.4. The van der Waals surface area contributed by atoms with Crippen molar-refractivity contribution in [2.75, 3.05) is 33.0 Å². The topological polar surface area (TPSA) is 88.1 Å². The third kappa shape index (κ3) is 3.89. The fourth-order valence-electron chi connectivity index (χ4n) is 3.93.